The Morgan fingerprint density at radius 1 is 1.32 bits per heavy atom. The zero-order valence-electron chi connectivity index (χ0n) is 12.4. The predicted molar refractivity (Wildman–Crippen MR) is 79.5 cm³/mol. The van der Waals surface area contributed by atoms with Gasteiger partial charge in [0.2, 0.25) is 0 Å². The first-order valence-electron chi connectivity index (χ1n) is 7.46. The summed E-state index contributed by atoms with van der Waals surface area (Å²) in [6.45, 7) is 8.90. The summed E-state index contributed by atoms with van der Waals surface area (Å²) in [6, 6.07) is 4.07. The summed E-state index contributed by atoms with van der Waals surface area (Å²) in [5.41, 5.74) is 2.06. The molecule has 19 heavy (non-hydrogen) atoms. The summed E-state index contributed by atoms with van der Waals surface area (Å²) in [7, 11) is 0. The van der Waals surface area contributed by atoms with Gasteiger partial charge in [0.15, 0.2) is 0 Å². The van der Waals surface area contributed by atoms with E-state index in [1.165, 1.54) is 19.3 Å². The molecule has 0 saturated carbocycles. The molecule has 1 N–H and O–H groups in total. The van der Waals surface area contributed by atoms with Gasteiger partial charge in [0.1, 0.15) is 5.82 Å². The molecule has 0 bridgehead atoms. The molecular weight excluding hydrogens is 236 g/mol. The van der Waals surface area contributed by atoms with Crippen LogP contribution in [0.2, 0.25) is 0 Å². The van der Waals surface area contributed by atoms with Crippen molar-refractivity contribution in [2.24, 2.45) is 5.92 Å². The minimum Gasteiger partial charge on any atom is -0.392 e. The molecule has 1 fully saturated rings. The number of hydrogen-bond donors (Lipinski definition) is 1. The zero-order valence-corrected chi connectivity index (χ0v) is 12.4. The van der Waals surface area contributed by atoms with Gasteiger partial charge in [-0.3, -0.25) is 0 Å². The molecule has 1 aromatic rings. The minimum atomic E-state index is 0.0967. The van der Waals surface area contributed by atoms with Crippen molar-refractivity contribution in [1.82, 2.24) is 4.98 Å². The highest BCUT2D eigenvalue weighted by Crippen LogP contribution is 2.24. The maximum atomic E-state index is 9.42. The Balaban J connectivity index is 2.24. The highest BCUT2D eigenvalue weighted by Gasteiger charge is 2.16. The van der Waals surface area contributed by atoms with E-state index in [-0.39, 0.29) is 6.61 Å². The lowest BCUT2D eigenvalue weighted by molar-refractivity contribution is 0.281. The van der Waals surface area contributed by atoms with E-state index in [1.54, 1.807) is 0 Å². The van der Waals surface area contributed by atoms with Crippen LogP contribution in [-0.2, 0) is 6.61 Å². The van der Waals surface area contributed by atoms with E-state index in [9.17, 15) is 5.11 Å². The Kier molecular flexibility index (Phi) is 4.81. The van der Waals surface area contributed by atoms with Crippen molar-refractivity contribution >= 4 is 5.82 Å². The number of hydrogen-bond acceptors (Lipinski definition) is 3. The summed E-state index contributed by atoms with van der Waals surface area (Å²) in [6.07, 6.45) is 3.79. The van der Waals surface area contributed by atoms with Crippen molar-refractivity contribution < 1.29 is 5.11 Å². The first-order chi connectivity index (χ1) is 9.10. The molecule has 0 aromatic carbocycles. The van der Waals surface area contributed by atoms with Gasteiger partial charge in [-0.05, 0) is 48.8 Å². The molecular formula is C16H26N2O. The monoisotopic (exact) mass is 262 g/mol. The molecule has 0 aliphatic carbocycles. The fourth-order valence-electron chi connectivity index (χ4n) is 2.64. The Morgan fingerprint density at radius 2 is 2.11 bits per heavy atom. The van der Waals surface area contributed by atoms with Gasteiger partial charge >= 0.3 is 0 Å². The van der Waals surface area contributed by atoms with Crippen LogP contribution in [0.5, 0.6) is 0 Å². The van der Waals surface area contributed by atoms with Crippen LogP contribution in [-0.4, -0.2) is 23.2 Å². The van der Waals surface area contributed by atoms with E-state index in [0.717, 1.165) is 36.1 Å². The lowest BCUT2D eigenvalue weighted by Crippen LogP contribution is -2.25. The van der Waals surface area contributed by atoms with Gasteiger partial charge in [0.05, 0.1) is 6.61 Å². The number of anilines is 1. The first-order valence-corrected chi connectivity index (χ1v) is 7.46. The fraction of sp³-hybridized carbons (Fsp3) is 0.688. The molecule has 1 aromatic heterocycles. The number of pyridine rings is 1. The molecule has 1 aliphatic rings. The third-order valence-electron chi connectivity index (χ3n) is 4.01. The number of aliphatic hydroxyl groups is 1. The zero-order chi connectivity index (χ0) is 13.8. The summed E-state index contributed by atoms with van der Waals surface area (Å²) in [4.78, 5) is 7.17. The smallest absolute Gasteiger partial charge is 0.129 e. The summed E-state index contributed by atoms with van der Waals surface area (Å²) >= 11 is 0. The molecule has 1 atom stereocenters. The molecule has 1 unspecified atom stereocenters. The van der Waals surface area contributed by atoms with E-state index in [2.05, 4.69) is 25.7 Å². The van der Waals surface area contributed by atoms with Crippen LogP contribution in [0.25, 0.3) is 0 Å². The van der Waals surface area contributed by atoms with Crippen molar-refractivity contribution in [2.75, 3.05) is 18.0 Å². The van der Waals surface area contributed by atoms with Crippen molar-refractivity contribution in [3.8, 4) is 0 Å². The van der Waals surface area contributed by atoms with Crippen LogP contribution in [0.3, 0.4) is 0 Å². The largest absolute Gasteiger partial charge is 0.392 e. The van der Waals surface area contributed by atoms with Gasteiger partial charge in [-0.25, -0.2) is 4.98 Å². The molecule has 1 saturated heterocycles. The predicted octanol–water partition coefficient (Wildman–Crippen LogP) is 3.32. The minimum absolute atomic E-state index is 0.0967. The van der Waals surface area contributed by atoms with E-state index < -0.39 is 0 Å². The van der Waals surface area contributed by atoms with Gasteiger partial charge < -0.3 is 10.0 Å². The highest BCUT2D eigenvalue weighted by molar-refractivity contribution is 5.43. The molecule has 2 heterocycles. The lowest BCUT2D eigenvalue weighted by Gasteiger charge is -2.23. The second-order valence-corrected chi connectivity index (χ2v) is 6.09. The van der Waals surface area contributed by atoms with Crippen LogP contribution < -0.4 is 4.90 Å². The van der Waals surface area contributed by atoms with E-state index in [4.69, 9.17) is 4.98 Å². The Bertz CT molecular complexity index is 417. The van der Waals surface area contributed by atoms with Gasteiger partial charge in [0.25, 0.3) is 0 Å². The summed E-state index contributed by atoms with van der Waals surface area (Å²) < 4.78 is 0. The standard InChI is InChI=1S/C16H26N2O/c1-12(2)15-9-14(11-19)10-16(17-15)18-7-4-5-13(3)6-8-18/h9-10,12-13,19H,4-8,11H2,1-3H3. The second-order valence-electron chi connectivity index (χ2n) is 6.09. The quantitative estimate of drug-likeness (QED) is 0.907. The molecule has 3 heteroatoms. The Hall–Kier alpha value is -1.09. The van der Waals surface area contributed by atoms with Crippen molar-refractivity contribution in [1.29, 1.82) is 0 Å². The molecule has 1 aliphatic heterocycles. The fourth-order valence-corrected chi connectivity index (χ4v) is 2.64. The van der Waals surface area contributed by atoms with E-state index in [1.807, 2.05) is 12.1 Å². The van der Waals surface area contributed by atoms with Crippen LogP contribution in [0.1, 0.15) is 57.2 Å². The van der Waals surface area contributed by atoms with Gasteiger partial charge in [-0.15, -0.1) is 0 Å². The maximum absolute atomic E-state index is 9.42. The maximum Gasteiger partial charge on any atom is 0.129 e. The average molecular weight is 262 g/mol. The lowest BCUT2D eigenvalue weighted by atomic mass is 10.0. The molecule has 0 amide bonds. The first kappa shape index (κ1) is 14.3. The third kappa shape index (κ3) is 3.69. The second kappa shape index (κ2) is 6.38. The number of aliphatic hydroxyl groups excluding tert-OH is 1. The molecule has 0 spiro atoms. The Morgan fingerprint density at radius 3 is 2.79 bits per heavy atom. The number of rotatable bonds is 3. The topological polar surface area (TPSA) is 36.4 Å². The molecule has 2 rings (SSSR count). The van der Waals surface area contributed by atoms with E-state index in [0.29, 0.717) is 5.92 Å². The number of aromatic nitrogens is 1. The van der Waals surface area contributed by atoms with Crippen molar-refractivity contribution in [3.63, 3.8) is 0 Å². The van der Waals surface area contributed by atoms with Crippen molar-refractivity contribution in [2.45, 2.75) is 52.6 Å². The van der Waals surface area contributed by atoms with E-state index >= 15 is 0 Å². The highest BCUT2D eigenvalue weighted by atomic mass is 16.3. The van der Waals surface area contributed by atoms with Crippen LogP contribution >= 0.6 is 0 Å². The number of nitrogens with zero attached hydrogens (tertiary/aromatic N) is 2. The molecule has 0 radical (unpaired) electrons. The average Bonchev–Trinajstić information content (AvgIpc) is 2.63. The van der Waals surface area contributed by atoms with Crippen LogP contribution in [0.15, 0.2) is 12.1 Å². The molecule has 3 nitrogen and oxygen atoms in total. The van der Waals surface area contributed by atoms with Crippen LogP contribution in [0, 0.1) is 5.92 Å². The summed E-state index contributed by atoms with van der Waals surface area (Å²) in [5, 5.41) is 9.42. The van der Waals surface area contributed by atoms with Crippen LogP contribution in [0.4, 0.5) is 5.82 Å². The molecule has 106 valence electrons. The Labute approximate surface area is 116 Å². The SMILES string of the molecule is CC1CCCN(c2cc(CO)cc(C(C)C)n2)CC1. The van der Waals surface area contributed by atoms with Gasteiger partial charge in [-0.2, -0.15) is 0 Å². The van der Waals surface area contributed by atoms with Gasteiger partial charge in [-0.1, -0.05) is 20.8 Å². The summed E-state index contributed by atoms with van der Waals surface area (Å²) in [5.74, 6) is 2.26. The van der Waals surface area contributed by atoms with Gasteiger partial charge in [0, 0.05) is 18.8 Å². The third-order valence-corrected chi connectivity index (χ3v) is 4.01. The normalized spacial score (nSPS) is 20.7. The van der Waals surface area contributed by atoms with Crippen molar-refractivity contribution in [3.05, 3.63) is 23.4 Å².